The molecule has 6 nitrogen and oxygen atoms in total. The summed E-state index contributed by atoms with van der Waals surface area (Å²) in [5.41, 5.74) is 0.258. The highest BCUT2D eigenvalue weighted by Gasteiger charge is 2.51. The summed E-state index contributed by atoms with van der Waals surface area (Å²) in [6, 6.07) is 9.01. The molecule has 1 aliphatic rings. The van der Waals surface area contributed by atoms with E-state index in [0.29, 0.717) is 12.3 Å². The number of ether oxygens (including phenoxy) is 1. The fraction of sp³-hybridized carbons (Fsp3) is 0.412. The van der Waals surface area contributed by atoms with Crippen molar-refractivity contribution >= 4 is 23.0 Å². The molecule has 122 valence electrons. The van der Waals surface area contributed by atoms with E-state index in [9.17, 15) is 9.59 Å². The SMILES string of the molecule is COC(=O)C1(CNC(=O)N[C@@H](C)c2cc3ccccc3o2)CC1. The summed E-state index contributed by atoms with van der Waals surface area (Å²) in [6.45, 7) is 2.14. The molecule has 1 aromatic carbocycles. The van der Waals surface area contributed by atoms with Gasteiger partial charge in [-0.2, -0.15) is 0 Å². The van der Waals surface area contributed by atoms with E-state index in [1.54, 1.807) is 0 Å². The van der Waals surface area contributed by atoms with Gasteiger partial charge < -0.3 is 19.8 Å². The molecule has 1 saturated carbocycles. The van der Waals surface area contributed by atoms with Crippen molar-refractivity contribution in [1.82, 2.24) is 10.6 Å². The molecule has 2 aromatic rings. The second kappa shape index (κ2) is 5.95. The van der Waals surface area contributed by atoms with Crippen molar-refractivity contribution in [3.8, 4) is 0 Å². The molecular weight excluding hydrogens is 296 g/mol. The Balaban J connectivity index is 1.56. The molecular formula is C17H20N2O4. The van der Waals surface area contributed by atoms with Gasteiger partial charge in [-0.15, -0.1) is 0 Å². The molecule has 1 aliphatic carbocycles. The number of fused-ring (bicyclic) bond motifs is 1. The first kappa shape index (κ1) is 15.4. The average molecular weight is 316 g/mol. The Morgan fingerprint density at radius 3 is 2.74 bits per heavy atom. The van der Waals surface area contributed by atoms with Gasteiger partial charge in [0.25, 0.3) is 0 Å². The van der Waals surface area contributed by atoms with Crippen LogP contribution in [0.25, 0.3) is 11.0 Å². The third kappa shape index (κ3) is 3.16. The Hall–Kier alpha value is -2.50. The maximum Gasteiger partial charge on any atom is 0.315 e. The topological polar surface area (TPSA) is 80.6 Å². The lowest BCUT2D eigenvalue weighted by molar-refractivity contribution is -0.146. The molecule has 0 aliphatic heterocycles. The number of rotatable bonds is 5. The first-order chi connectivity index (χ1) is 11.0. The minimum Gasteiger partial charge on any atom is -0.469 e. The summed E-state index contributed by atoms with van der Waals surface area (Å²) in [5.74, 6) is 0.429. The van der Waals surface area contributed by atoms with E-state index in [2.05, 4.69) is 10.6 Å². The lowest BCUT2D eigenvalue weighted by Crippen LogP contribution is -2.41. The van der Waals surface area contributed by atoms with Crippen LogP contribution in [-0.2, 0) is 9.53 Å². The van der Waals surface area contributed by atoms with Gasteiger partial charge in [-0.3, -0.25) is 4.79 Å². The van der Waals surface area contributed by atoms with Gasteiger partial charge in [-0.05, 0) is 31.9 Å². The van der Waals surface area contributed by atoms with Crippen molar-refractivity contribution in [1.29, 1.82) is 0 Å². The molecule has 1 aromatic heterocycles. The van der Waals surface area contributed by atoms with Crippen molar-refractivity contribution in [3.63, 3.8) is 0 Å². The van der Waals surface area contributed by atoms with Crippen LogP contribution in [-0.4, -0.2) is 25.7 Å². The number of benzene rings is 1. The lowest BCUT2D eigenvalue weighted by Gasteiger charge is -2.16. The fourth-order valence-corrected chi connectivity index (χ4v) is 2.60. The molecule has 0 spiro atoms. The number of carbonyl (C=O) groups excluding carboxylic acids is 2. The predicted octanol–water partition coefficient (Wildman–Crippen LogP) is 2.75. The van der Waals surface area contributed by atoms with Crippen molar-refractivity contribution in [2.24, 2.45) is 5.41 Å². The van der Waals surface area contributed by atoms with E-state index >= 15 is 0 Å². The van der Waals surface area contributed by atoms with Crippen LogP contribution in [0.15, 0.2) is 34.7 Å². The number of amides is 2. The standard InChI is InChI=1S/C17H20N2O4/c1-11(14-9-12-5-3-4-6-13(12)23-14)19-16(21)18-10-17(7-8-17)15(20)22-2/h3-6,9,11H,7-8,10H2,1-2H3,(H2,18,19,21)/t11-/m0/s1. The molecule has 1 fully saturated rings. The van der Waals surface area contributed by atoms with Gasteiger partial charge in [0.15, 0.2) is 0 Å². The van der Waals surface area contributed by atoms with Gasteiger partial charge in [0.05, 0.1) is 18.6 Å². The molecule has 1 atom stereocenters. The second-order valence-corrected chi connectivity index (χ2v) is 6.01. The number of nitrogens with one attached hydrogen (secondary N) is 2. The number of methoxy groups -OCH3 is 1. The van der Waals surface area contributed by atoms with Crippen LogP contribution >= 0.6 is 0 Å². The van der Waals surface area contributed by atoms with E-state index in [4.69, 9.17) is 9.15 Å². The van der Waals surface area contributed by atoms with Gasteiger partial charge in [0.2, 0.25) is 0 Å². The van der Waals surface area contributed by atoms with Crippen LogP contribution in [0.2, 0.25) is 0 Å². The monoisotopic (exact) mass is 316 g/mol. The summed E-state index contributed by atoms with van der Waals surface area (Å²) >= 11 is 0. The van der Waals surface area contributed by atoms with E-state index < -0.39 is 5.41 Å². The average Bonchev–Trinajstić information content (AvgIpc) is 3.22. The predicted molar refractivity (Wildman–Crippen MR) is 84.8 cm³/mol. The molecule has 1 heterocycles. The number of para-hydroxylation sites is 1. The maximum atomic E-state index is 12.0. The van der Waals surface area contributed by atoms with E-state index in [-0.39, 0.29) is 18.0 Å². The molecule has 0 saturated heterocycles. The Labute approximate surface area is 134 Å². The largest absolute Gasteiger partial charge is 0.469 e. The van der Waals surface area contributed by atoms with Crippen LogP contribution < -0.4 is 10.6 Å². The zero-order valence-electron chi connectivity index (χ0n) is 13.2. The van der Waals surface area contributed by atoms with Crippen LogP contribution in [0.1, 0.15) is 31.6 Å². The van der Waals surface area contributed by atoms with Gasteiger partial charge in [0.1, 0.15) is 11.3 Å². The minimum atomic E-state index is -0.533. The quantitative estimate of drug-likeness (QED) is 0.831. The third-order valence-electron chi connectivity index (χ3n) is 4.28. The van der Waals surface area contributed by atoms with Gasteiger partial charge in [-0.1, -0.05) is 18.2 Å². The summed E-state index contributed by atoms with van der Waals surface area (Å²) in [7, 11) is 1.37. The maximum absolute atomic E-state index is 12.0. The van der Waals surface area contributed by atoms with Gasteiger partial charge in [0, 0.05) is 11.9 Å². The minimum absolute atomic E-state index is 0.261. The van der Waals surface area contributed by atoms with E-state index in [1.807, 2.05) is 37.3 Å². The highest BCUT2D eigenvalue weighted by molar-refractivity contribution is 5.82. The highest BCUT2D eigenvalue weighted by Crippen LogP contribution is 2.46. The van der Waals surface area contributed by atoms with Gasteiger partial charge >= 0.3 is 12.0 Å². The molecule has 23 heavy (non-hydrogen) atoms. The number of urea groups is 1. The van der Waals surface area contributed by atoms with Crippen molar-refractivity contribution in [2.45, 2.75) is 25.8 Å². The Morgan fingerprint density at radius 1 is 1.35 bits per heavy atom. The van der Waals surface area contributed by atoms with Crippen LogP contribution in [0.3, 0.4) is 0 Å². The molecule has 2 amide bonds. The molecule has 2 N–H and O–H groups in total. The molecule has 0 radical (unpaired) electrons. The highest BCUT2D eigenvalue weighted by atomic mass is 16.5. The molecule has 0 unspecified atom stereocenters. The third-order valence-corrected chi connectivity index (χ3v) is 4.28. The normalized spacial score (nSPS) is 16.6. The molecule has 6 heteroatoms. The summed E-state index contributed by atoms with van der Waals surface area (Å²) in [6.07, 6.45) is 1.50. The second-order valence-electron chi connectivity index (χ2n) is 6.01. The van der Waals surface area contributed by atoms with Crippen molar-refractivity contribution in [2.75, 3.05) is 13.7 Å². The lowest BCUT2D eigenvalue weighted by atomic mass is 10.1. The number of carbonyl (C=O) groups is 2. The Morgan fingerprint density at radius 2 is 2.09 bits per heavy atom. The first-order valence-electron chi connectivity index (χ1n) is 7.65. The fourth-order valence-electron chi connectivity index (χ4n) is 2.60. The first-order valence-corrected chi connectivity index (χ1v) is 7.65. The number of esters is 1. The smallest absolute Gasteiger partial charge is 0.315 e. The van der Waals surface area contributed by atoms with E-state index in [1.165, 1.54) is 7.11 Å². The number of furan rings is 1. The van der Waals surface area contributed by atoms with Gasteiger partial charge in [-0.25, -0.2) is 4.79 Å². The van der Waals surface area contributed by atoms with Crippen molar-refractivity contribution in [3.05, 3.63) is 36.1 Å². The van der Waals surface area contributed by atoms with E-state index in [0.717, 1.165) is 23.8 Å². The molecule has 0 bridgehead atoms. The van der Waals surface area contributed by atoms with Crippen LogP contribution in [0, 0.1) is 5.41 Å². The Kier molecular flexibility index (Phi) is 3.98. The zero-order chi connectivity index (χ0) is 16.4. The number of hydrogen-bond donors (Lipinski definition) is 2. The number of hydrogen-bond acceptors (Lipinski definition) is 4. The van der Waals surface area contributed by atoms with Crippen LogP contribution in [0.5, 0.6) is 0 Å². The molecule has 3 rings (SSSR count). The van der Waals surface area contributed by atoms with Crippen molar-refractivity contribution < 1.29 is 18.7 Å². The Bertz CT molecular complexity index is 700. The van der Waals surface area contributed by atoms with Crippen LogP contribution in [0.4, 0.5) is 4.79 Å². The summed E-state index contributed by atoms with van der Waals surface area (Å²) in [5, 5.41) is 6.56. The zero-order valence-corrected chi connectivity index (χ0v) is 13.2. The summed E-state index contributed by atoms with van der Waals surface area (Å²) < 4.78 is 10.5. The summed E-state index contributed by atoms with van der Waals surface area (Å²) in [4.78, 5) is 23.7.